The first-order valence-electron chi connectivity index (χ1n) is 5.74. The molecule has 1 aliphatic rings. The molecule has 0 spiro atoms. The second-order valence-corrected chi connectivity index (χ2v) is 5.97. The standard InChI is InChI=1S/C13H16BrNO3/c1-7(16)15-8-4-5-10-9(6-8)11(17)12(14)13(2,3)18-10/h4-6,11-12,17H,1-3H3,(H,15,16)/t11-,12+/m1/s1. The van der Waals surface area contributed by atoms with Gasteiger partial charge in [-0.25, -0.2) is 0 Å². The molecule has 0 aliphatic carbocycles. The van der Waals surface area contributed by atoms with Crippen molar-refractivity contribution in [1.82, 2.24) is 0 Å². The molecule has 0 saturated heterocycles. The molecule has 4 nitrogen and oxygen atoms in total. The monoisotopic (exact) mass is 313 g/mol. The van der Waals surface area contributed by atoms with Gasteiger partial charge in [0.1, 0.15) is 11.4 Å². The number of hydrogen-bond donors (Lipinski definition) is 2. The fourth-order valence-corrected chi connectivity index (χ4v) is 2.41. The molecule has 2 rings (SSSR count). The minimum atomic E-state index is -0.669. The van der Waals surface area contributed by atoms with Gasteiger partial charge in [-0.05, 0) is 32.0 Å². The maximum absolute atomic E-state index is 11.0. The van der Waals surface area contributed by atoms with E-state index < -0.39 is 11.7 Å². The Morgan fingerprint density at radius 3 is 2.78 bits per heavy atom. The van der Waals surface area contributed by atoms with Crippen molar-refractivity contribution in [3.63, 3.8) is 0 Å². The molecule has 0 bridgehead atoms. The fourth-order valence-electron chi connectivity index (χ4n) is 2.03. The lowest BCUT2D eigenvalue weighted by atomic mass is 9.91. The molecule has 2 N–H and O–H groups in total. The van der Waals surface area contributed by atoms with Crippen molar-refractivity contribution in [2.45, 2.75) is 37.3 Å². The number of nitrogens with one attached hydrogen (secondary N) is 1. The van der Waals surface area contributed by atoms with Crippen LogP contribution in [0.4, 0.5) is 5.69 Å². The number of hydrogen-bond acceptors (Lipinski definition) is 3. The quantitative estimate of drug-likeness (QED) is 0.784. The van der Waals surface area contributed by atoms with Gasteiger partial charge in [0.2, 0.25) is 5.91 Å². The highest BCUT2D eigenvalue weighted by atomic mass is 79.9. The van der Waals surface area contributed by atoms with Gasteiger partial charge in [0.25, 0.3) is 0 Å². The van der Waals surface area contributed by atoms with Crippen molar-refractivity contribution in [3.05, 3.63) is 23.8 Å². The van der Waals surface area contributed by atoms with Gasteiger partial charge < -0.3 is 15.2 Å². The Hall–Kier alpha value is -1.07. The number of carbonyl (C=O) groups excluding carboxylic acids is 1. The molecular weight excluding hydrogens is 298 g/mol. The van der Waals surface area contributed by atoms with E-state index in [4.69, 9.17) is 4.74 Å². The molecule has 1 amide bonds. The number of aliphatic hydroxyl groups excluding tert-OH is 1. The van der Waals surface area contributed by atoms with Crippen LogP contribution in [0, 0.1) is 0 Å². The summed E-state index contributed by atoms with van der Waals surface area (Å²) in [5.41, 5.74) is 0.854. The number of rotatable bonds is 1. The SMILES string of the molecule is CC(=O)Nc1ccc2c(c1)[C@@H](O)[C@H](Br)C(C)(C)O2. The number of alkyl halides is 1. The average molecular weight is 314 g/mol. The summed E-state index contributed by atoms with van der Waals surface area (Å²) in [6, 6.07) is 5.27. The number of fused-ring (bicyclic) bond motifs is 1. The van der Waals surface area contributed by atoms with Crippen molar-refractivity contribution < 1.29 is 14.6 Å². The van der Waals surface area contributed by atoms with Crippen LogP contribution >= 0.6 is 15.9 Å². The maximum Gasteiger partial charge on any atom is 0.221 e. The number of aliphatic hydroxyl groups is 1. The van der Waals surface area contributed by atoms with Crippen LogP contribution in [-0.2, 0) is 4.79 Å². The maximum atomic E-state index is 11.0. The third-order valence-electron chi connectivity index (χ3n) is 2.96. The van der Waals surface area contributed by atoms with Gasteiger partial charge in [0, 0.05) is 18.2 Å². The van der Waals surface area contributed by atoms with E-state index in [-0.39, 0.29) is 10.7 Å². The third-order valence-corrected chi connectivity index (χ3v) is 4.57. The Bertz CT molecular complexity index is 487. The Balaban J connectivity index is 2.39. The van der Waals surface area contributed by atoms with Crippen LogP contribution in [0.1, 0.15) is 32.4 Å². The molecule has 0 unspecified atom stereocenters. The van der Waals surface area contributed by atoms with Gasteiger partial charge in [0.15, 0.2) is 0 Å². The van der Waals surface area contributed by atoms with Crippen LogP contribution in [0.5, 0.6) is 5.75 Å². The fraction of sp³-hybridized carbons (Fsp3) is 0.462. The molecule has 0 aromatic heterocycles. The highest BCUT2D eigenvalue weighted by Crippen LogP contribution is 2.44. The zero-order valence-corrected chi connectivity index (χ0v) is 12.1. The summed E-state index contributed by atoms with van der Waals surface area (Å²) in [6.45, 7) is 5.28. The molecule has 5 heteroatoms. The topological polar surface area (TPSA) is 58.6 Å². The normalized spacial score (nSPS) is 24.9. The highest BCUT2D eigenvalue weighted by molar-refractivity contribution is 9.09. The molecule has 0 fully saturated rings. The minimum absolute atomic E-state index is 0.142. The summed E-state index contributed by atoms with van der Waals surface area (Å²) in [4.78, 5) is 10.8. The van der Waals surface area contributed by atoms with Gasteiger partial charge in [-0.1, -0.05) is 15.9 Å². The molecule has 0 saturated carbocycles. The Morgan fingerprint density at radius 1 is 1.50 bits per heavy atom. The van der Waals surface area contributed by atoms with E-state index in [1.807, 2.05) is 13.8 Å². The molecule has 18 heavy (non-hydrogen) atoms. The predicted molar refractivity (Wildman–Crippen MR) is 73.1 cm³/mol. The van der Waals surface area contributed by atoms with E-state index in [1.165, 1.54) is 6.92 Å². The zero-order valence-electron chi connectivity index (χ0n) is 10.5. The predicted octanol–water partition coefficient (Wildman–Crippen LogP) is 2.61. The van der Waals surface area contributed by atoms with E-state index in [2.05, 4.69) is 21.2 Å². The van der Waals surface area contributed by atoms with Crippen LogP contribution in [0.25, 0.3) is 0 Å². The lowest BCUT2D eigenvalue weighted by Crippen LogP contribution is -2.45. The van der Waals surface area contributed by atoms with Crippen LogP contribution < -0.4 is 10.1 Å². The molecule has 0 radical (unpaired) electrons. The van der Waals surface area contributed by atoms with Crippen molar-refractivity contribution >= 4 is 27.5 Å². The zero-order chi connectivity index (χ0) is 13.5. The molecule has 2 atom stereocenters. The van der Waals surface area contributed by atoms with Crippen LogP contribution in [0.15, 0.2) is 18.2 Å². The number of ether oxygens (including phenoxy) is 1. The summed E-state index contributed by atoms with van der Waals surface area (Å²) < 4.78 is 5.84. The third kappa shape index (κ3) is 2.37. The first kappa shape index (κ1) is 13.4. The van der Waals surface area contributed by atoms with Gasteiger partial charge >= 0.3 is 0 Å². The summed E-state index contributed by atoms with van der Waals surface area (Å²) in [6.07, 6.45) is -0.669. The summed E-state index contributed by atoms with van der Waals surface area (Å²) in [5.74, 6) is 0.509. The lowest BCUT2D eigenvalue weighted by Gasteiger charge is -2.40. The van der Waals surface area contributed by atoms with E-state index >= 15 is 0 Å². The van der Waals surface area contributed by atoms with E-state index in [0.717, 1.165) is 0 Å². The van der Waals surface area contributed by atoms with E-state index in [1.54, 1.807) is 18.2 Å². The molecule has 1 heterocycles. The van der Waals surface area contributed by atoms with Gasteiger partial charge in [-0.15, -0.1) is 0 Å². The van der Waals surface area contributed by atoms with Gasteiger partial charge in [-0.3, -0.25) is 4.79 Å². The van der Waals surface area contributed by atoms with Crippen LogP contribution in [0.2, 0.25) is 0 Å². The average Bonchev–Trinajstić information content (AvgIpc) is 2.26. The Labute approximate surface area is 114 Å². The highest BCUT2D eigenvalue weighted by Gasteiger charge is 2.41. The Morgan fingerprint density at radius 2 is 2.17 bits per heavy atom. The second-order valence-electron chi connectivity index (χ2n) is 4.99. The number of amides is 1. The van der Waals surface area contributed by atoms with Crippen LogP contribution in [0.3, 0.4) is 0 Å². The number of halogens is 1. The summed E-state index contributed by atoms with van der Waals surface area (Å²) in [7, 11) is 0. The first-order chi connectivity index (χ1) is 8.31. The summed E-state index contributed by atoms with van der Waals surface area (Å²) >= 11 is 3.46. The second kappa shape index (κ2) is 4.55. The minimum Gasteiger partial charge on any atom is -0.486 e. The number of anilines is 1. The summed E-state index contributed by atoms with van der Waals surface area (Å²) in [5, 5.41) is 13.0. The van der Waals surface area contributed by atoms with Crippen molar-refractivity contribution in [2.75, 3.05) is 5.32 Å². The lowest BCUT2D eigenvalue weighted by molar-refractivity contribution is -0.114. The van der Waals surface area contributed by atoms with Crippen molar-refractivity contribution in [2.24, 2.45) is 0 Å². The smallest absolute Gasteiger partial charge is 0.221 e. The van der Waals surface area contributed by atoms with E-state index in [0.29, 0.717) is 17.0 Å². The number of benzene rings is 1. The van der Waals surface area contributed by atoms with Crippen molar-refractivity contribution in [1.29, 1.82) is 0 Å². The van der Waals surface area contributed by atoms with Crippen molar-refractivity contribution in [3.8, 4) is 5.75 Å². The Kier molecular flexibility index (Phi) is 3.38. The van der Waals surface area contributed by atoms with Crippen LogP contribution in [-0.4, -0.2) is 21.4 Å². The molecular formula is C13H16BrNO3. The number of carbonyl (C=O) groups is 1. The van der Waals surface area contributed by atoms with E-state index in [9.17, 15) is 9.90 Å². The molecule has 98 valence electrons. The molecule has 1 aromatic carbocycles. The molecule has 1 aromatic rings. The molecule has 1 aliphatic heterocycles. The van der Waals surface area contributed by atoms with Gasteiger partial charge in [-0.2, -0.15) is 0 Å². The van der Waals surface area contributed by atoms with Gasteiger partial charge in [0.05, 0.1) is 10.9 Å². The largest absolute Gasteiger partial charge is 0.486 e. The first-order valence-corrected chi connectivity index (χ1v) is 6.65.